The largest absolute Gasteiger partial charge is 0.496 e. The fourth-order valence-electron chi connectivity index (χ4n) is 4.65. The molecule has 0 aliphatic carbocycles. The molecule has 0 N–H and O–H groups in total. The lowest BCUT2D eigenvalue weighted by molar-refractivity contribution is 0.0657. The van der Waals surface area contributed by atoms with Crippen LogP contribution in [0.1, 0.15) is 48.9 Å². The summed E-state index contributed by atoms with van der Waals surface area (Å²) in [5, 5.41) is 0. The number of hydrogen-bond acceptors (Lipinski definition) is 5. The number of likely N-dealkylation sites (tertiary alicyclic amines) is 1. The van der Waals surface area contributed by atoms with Gasteiger partial charge in [-0.3, -0.25) is 4.79 Å². The molecule has 7 nitrogen and oxygen atoms in total. The summed E-state index contributed by atoms with van der Waals surface area (Å²) in [7, 11) is -2.15. The number of ether oxygens (including phenoxy) is 2. The minimum Gasteiger partial charge on any atom is -0.496 e. The van der Waals surface area contributed by atoms with Gasteiger partial charge in [0.15, 0.2) is 0 Å². The Hall–Kier alpha value is -2.58. The number of piperidine rings is 1. The van der Waals surface area contributed by atoms with Gasteiger partial charge in [-0.2, -0.15) is 4.31 Å². The van der Waals surface area contributed by atoms with Crippen LogP contribution >= 0.6 is 0 Å². The summed E-state index contributed by atoms with van der Waals surface area (Å²) >= 11 is 0. The van der Waals surface area contributed by atoms with Crippen LogP contribution in [0, 0.1) is 5.92 Å². The molecule has 2 aliphatic heterocycles. The van der Waals surface area contributed by atoms with Gasteiger partial charge >= 0.3 is 0 Å². The van der Waals surface area contributed by atoms with Gasteiger partial charge < -0.3 is 14.4 Å². The Morgan fingerprint density at radius 1 is 0.941 bits per heavy atom. The zero-order valence-corrected chi connectivity index (χ0v) is 20.6. The van der Waals surface area contributed by atoms with Gasteiger partial charge in [-0.05, 0) is 61.9 Å². The molecular formula is C26H34N2O5S. The highest BCUT2D eigenvalue weighted by Gasteiger charge is 2.30. The van der Waals surface area contributed by atoms with Crippen molar-refractivity contribution in [2.75, 3.05) is 39.9 Å². The van der Waals surface area contributed by atoms with Crippen LogP contribution in [0.25, 0.3) is 0 Å². The second-order valence-corrected chi connectivity index (χ2v) is 11.0. The molecule has 2 heterocycles. The molecule has 4 rings (SSSR count). The van der Waals surface area contributed by atoms with Crippen molar-refractivity contribution >= 4 is 15.9 Å². The summed E-state index contributed by atoms with van der Waals surface area (Å²) in [5.74, 6) is 1.44. The van der Waals surface area contributed by atoms with E-state index in [0.29, 0.717) is 50.0 Å². The predicted octanol–water partition coefficient (Wildman–Crippen LogP) is 4.19. The second-order valence-electron chi connectivity index (χ2n) is 9.04. The molecular weight excluding hydrogens is 452 g/mol. The van der Waals surface area contributed by atoms with E-state index in [1.807, 2.05) is 30.3 Å². The van der Waals surface area contributed by atoms with Crippen molar-refractivity contribution in [3.05, 3.63) is 54.1 Å². The first-order valence-electron chi connectivity index (χ1n) is 12.1. The number of sulfonamides is 1. The molecule has 34 heavy (non-hydrogen) atoms. The Balaban J connectivity index is 1.43. The number of para-hydroxylation sites is 1. The van der Waals surface area contributed by atoms with Crippen molar-refractivity contribution in [2.45, 2.75) is 43.4 Å². The first-order chi connectivity index (χ1) is 16.5. The van der Waals surface area contributed by atoms with E-state index in [2.05, 4.69) is 0 Å². The number of nitrogens with zero attached hydrogens (tertiary/aromatic N) is 2. The first kappa shape index (κ1) is 24.5. The number of carbonyl (C=O) groups excluding carboxylic acids is 1. The molecule has 8 heteroatoms. The number of methoxy groups -OCH3 is 1. The lowest BCUT2D eigenvalue weighted by Gasteiger charge is -2.32. The zero-order valence-electron chi connectivity index (χ0n) is 19.8. The molecule has 2 saturated heterocycles. The minimum absolute atomic E-state index is 0.157. The van der Waals surface area contributed by atoms with Gasteiger partial charge in [0, 0.05) is 26.2 Å². The summed E-state index contributed by atoms with van der Waals surface area (Å²) in [4.78, 5) is 15.3. The molecule has 1 amide bonds. The van der Waals surface area contributed by atoms with E-state index in [-0.39, 0.29) is 10.8 Å². The third-order valence-electron chi connectivity index (χ3n) is 6.73. The van der Waals surface area contributed by atoms with E-state index in [1.54, 1.807) is 21.3 Å². The average molecular weight is 487 g/mol. The Morgan fingerprint density at radius 3 is 2.26 bits per heavy atom. The van der Waals surface area contributed by atoms with E-state index >= 15 is 0 Å². The van der Waals surface area contributed by atoms with Gasteiger partial charge in [-0.15, -0.1) is 0 Å². The van der Waals surface area contributed by atoms with Crippen molar-refractivity contribution < 1.29 is 22.7 Å². The van der Waals surface area contributed by atoms with E-state index in [0.717, 1.165) is 44.3 Å². The topological polar surface area (TPSA) is 76.2 Å². The molecule has 0 aromatic heterocycles. The van der Waals surface area contributed by atoms with Crippen molar-refractivity contribution in [1.82, 2.24) is 9.21 Å². The van der Waals surface area contributed by atoms with Crippen LogP contribution in [0.3, 0.4) is 0 Å². The van der Waals surface area contributed by atoms with Gasteiger partial charge in [-0.25, -0.2) is 8.42 Å². The van der Waals surface area contributed by atoms with E-state index in [9.17, 15) is 13.2 Å². The van der Waals surface area contributed by atoms with Crippen molar-refractivity contribution in [2.24, 2.45) is 5.92 Å². The third-order valence-corrected chi connectivity index (χ3v) is 8.63. The Kier molecular flexibility index (Phi) is 8.11. The number of amides is 1. The fourth-order valence-corrected chi connectivity index (χ4v) is 6.19. The Labute approximate surface area is 202 Å². The van der Waals surface area contributed by atoms with E-state index in [4.69, 9.17) is 9.47 Å². The first-order valence-corrected chi connectivity index (χ1v) is 13.6. The van der Waals surface area contributed by atoms with Gasteiger partial charge in [0.05, 0.1) is 24.2 Å². The van der Waals surface area contributed by atoms with Gasteiger partial charge in [0.2, 0.25) is 10.0 Å². The zero-order chi connectivity index (χ0) is 24.0. The lowest BCUT2D eigenvalue weighted by atomic mass is 9.97. The average Bonchev–Trinajstić information content (AvgIpc) is 3.18. The molecule has 184 valence electrons. The second kappa shape index (κ2) is 11.2. The molecule has 2 aromatic rings. The quantitative estimate of drug-likeness (QED) is 0.587. The van der Waals surface area contributed by atoms with Gasteiger partial charge in [-0.1, -0.05) is 31.0 Å². The maximum absolute atomic E-state index is 13.4. The number of rotatable bonds is 7. The van der Waals surface area contributed by atoms with Crippen LogP contribution < -0.4 is 9.47 Å². The van der Waals surface area contributed by atoms with Gasteiger partial charge in [0.1, 0.15) is 11.5 Å². The van der Waals surface area contributed by atoms with Crippen molar-refractivity contribution in [3.63, 3.8) is 0 Å². The molecule has 0 saturated carbocycles. The maximum Gasteiger partial charge on any atom is 0.257 e. The van der Waals surface area contributed by atoms with E-state index < -0.39 is 10.0 Å². The van der Waals surface area contributed by atoms with Crippen LogP contribution in [0.5, 0.6) is 11.5 Å². The van der Waals surface area contributed by atoms with Crippen LogP contribution in [0.4, 0.5) is 0 Å². The van der Waals surface area contributed by atoms with Crippen LogP contribution in [-0.2, 0) is 10.0 Å². The third kappa shape index (κ3) is 5.73. The Morgan fingerprint density at radius 2 is 1.62 bits per heavy atom. The highest BCUT2D eigenvalue weighted by molar-refractivity contribution is 7.89. The smallest absolute Gasteiger partial charge is 0.257 e. The standard InChI is InChI=1S/C26H34N2O5S/c1-32-25-12-11-23(34(30,31)28-15-7-2-3-8-16-28)19-24(25)26(29)27-17-13-21(14-18-27)20-33-22-9-5-4-6-10-22/h4-6,9-12,19,21H,2-3,7-8,13-18,20H2,1H3. The van der Waals surface area contributed by atoms with Crippen molar-refractivity contribution in [1.29, 1.82) is 0 Å². The molecule has 0 bridgehead atoms. The van der Waals surface area contributed by atoms with Gasteiger partial charge in [0.25, 0.3) is 5.91 Å². The number of benzene rings is 2. The number of hydrogen-bond donors (Lipinski definition) is 0. The van der Waals surface area contributed by atoms with Crippen molar-refractivity contribution in [3.8, 4) is 11.5 Å². The fraction of sp³-hybridized carbons (Fsp3) is 0.500. The molecule has 0 spiro atoms. The van der Waals surface area contributed by atoms with E-state index in [1.165, 1.54) is 13.2 Å². The van der Waals surface area contributed by atoms with Crippen LogP contribution in [0.15, 0.2) is 53.4 Å². The highest BCUT2D eigenvalue weighted by atomic mass is 32.2. The molecule has 2 aliphatic rings. The van der Waals surface area contributed by atoms with Crippen LogP contribution in [0.2, 0.25) is 0 Å². The molecule has 2 aromatic carbocycles. The normalized spacial score (nSPS) is 18.3. The monoisotopic (exact) mass is 486 g/mol. The van der Waals surface area contributed by atoms with Crippen LogP contribution in [-0.4, -0.2) is 63.4 Å². The molecule has 0 atom stereocenters. The summed E-state index contributed by atoms with van der Waals surface area (Å²) in [6.45, 7) is 2.88. The lowest BCUT2D eigenvalue weighted by Crippen LogP contribution is -2.40. The Bertz CT molecular complexity index is 1060. The predicted molar refractivity (Wildman–Crippen MR) is 131 cm³/mol. The molecule has 0 radical (unpaired) electrons. The molecule has 0 unspecified atom stereocenters. The maximum atomic E-state index is 13.4. The SMILES string of the molecule is COc1ccc(S(=O)(=O)N2CCCCCC2)cc1C(=O)N1CCC(COc2ccccc2)CC1. The molecule has 2 fully saturated rings. The number of carbonyl (C=O) groups is 1. The summed E-state index contributed by atoms with van der Waals surface area (Å²) in [6, 6.07) is 14.4. The summed E-state index contributed by atoms with van der Waals surface area (Å²) < 4.78 is 39.4. The summed E-state index contributed by atoms with van der Waals surface area (Å²) in [6.07, 6.45) is 5.50. The minimum atomic E-state index is -3.65. The highest BCUT2D eigenvalue weighted by Crippen LogP contribution is 2.29. The summed E-state index contributed by atoms with van der Waals surface area (Å²) in [5.41, 5.74) is 0.303.